The van der Waals surface area contributed by atoms with Gasteiger partial charge in [-0.25, -0.2) is 4.39 Å². The summed E-state index contributed by atoms with van der Waals surface area (Å²) in [6.07, 6.45) is 0. The number of benzene rings is 2. The second kappa shape index (κ2) is 9.22. The summed E-state index contributed by atoms with van der Waals surface area (Å²) in [7, 11) is 1.36. The van der Waals surface area contributed by atoms with Gasteiger partial charge >= 0.3 is 6.61 Å². The SMILES string of the molecule is COc1cc(CSCC(=O)Nc2ccc(F)cc2)ccc1OC(F)F. The highest BCUT2D eigenvalue weighted by molar-refractivity contribution is 7.99. The number of amides is 1. The Hall–Kier alpha value is -2.35. The molecule has 0 unspecified atom stereocenters. The average molecular weight is 371 g/mol. The number of halogens is 3. The quantitative estimate of drug-likeness (QED) is 0.751. The summed E-state index contributed by atoms with van der Waals surface area (Å²) in [5.41, 5.74) is 1.32. The van der Waals surface area contributed by atoms with E-state index in [9.17, 15) is 18.0 Å². The predicted octanol–water partition coefficient (Wildman–Crippen LogP) is 4.31. The molecule has 0 radical (unpaired) electrons. The second-order valence-electron chi connectivity index (χ2n) is 4.91. The van der Waals surface area contributed by atoms with E-state index in [4.69, 9.17) is 4.74 Å². The van der Waals surface area contributed by atoms with Crippen LogP contribution in [-0.2, 0) is 10.5 Å². The number of carbonyl (C=O) groups is 1. The Morgan fingerprint density at radius 1 is 1.16 bits per heavy atom. The lowest BCUT2D eigenvalue weighted by atomic mass is 10.2. The first-order chi connectivity index (χ1) is 12.0. The zero-order valence-corrected chi connectivity index (χ0v) is 14.1. The highest BCUT2D eigenvalue weighted by Gasteiger charge is 2.11. The number of carbonyl (C=O) groups excluding carboxylic acids is 1. The zero-order chi connectivity index (χ0) is 18.2. The summed E-state index contributed by atoms with van der Waals surface area (Å²) in [5.74, 6) is 0.244. The Morgan fingerprint density at radius 3 is 2.52 bits per heavy atom. The van der Waals surface area contributed by atoms with E-state index in [1.165, 1.54) is 49.2 Å². The molecule has 0 aliphatic heterocycles. The highest BCUT2D eigenvalue weighted by atomic mass is 32.2. The molecule has 134 valence electrons. The van der Waals surface area contributed by atoms with Gasteiger partial charge in [-0.1, -0.05) is 6.07 Å². The summed E-state index contributed by atoms with van der Waals surface area (Å²) >= 11 is 1.35. The van der Waals surface area contributed by atoms with Crippen molar-refractivity contribution in [2.75, 3.05) is 18.2 Å². The Balaban J connectivity index is 1.84. The first kappa shape index (κ1) is 19.0. The van der Waals surface area contributed by atoms with Crippen LogP contribution in [0.4, 0.5) is 18.9 Å². The fourth-order valence-electron chi connectivity index (χ4n) is 1.99. The van der Waals surface area contributed by atoms with Gasteiger partial charge in [0.15, 0.2) is 11.5 Å². The van der Waals surface area contributed by atoms with E-state index in [1.807, 2.05) is 0 Å². The summed E-state index contributed by atoms with van der Waals surface area (Å²) < 4.78 is 46.7. The second-order valence-corrected chi connectivity index (χ2v) is 5.90. The topological polar surface area (TPSA) is 47.6 Å². The molecule has 2 aromatic carbocycles. The lowest BCUT2D eigenvalue weighted by molar-refractivity contribution is -0.113. The third-order valence-electron chi connectivity index (χ3n) is 3.07. The predicted molar refractivity (Wildman–Crippen MR) is 90.8 cm³/mol. The van der Waals surface area contributed by atoms with Crippen LogP contribution in [0.3, 0.4) is 0 Å². The first-order valence-electron chi connectivity index (χ1n) is 7.23. The highest BCUT2D eigenvalue weighted by Crippen LogP contribution is 2.30. The van der Waals surface area contributed by atoms with Crippen molar-refractivity contribution in [1.29, 1.82) is 0 Å². The van der Waals surface area contributed by atoms with Gasteiger partial charge in [-0.05, 0) is 42.0 Å². The molecule has 0 fully saturated rings. The zero-order valence-electron chi connectivity index (χ0n) is 13.3. The average Bonchev–Trinajstić information content (AvgIpc) is 2.57. The molecular formula is C17H16F3NO3S. The van der Waals surface area contributed by atoms with E-state index in [0.29, 0.717) is 11.4 Å². The smallest absolute Gasteiger partial charge is 0.387 e. The van der Waals surface area contributed by atoms with Gasteiger partial charge in [0.25, 0.3) is 0 Å². The minimum atomic E-state index is -2.93. The Morgan fingerprint density at radius 2 is 1.88 bits per heavy atom. The molecule has 0 atom stereocenters. The Labute approximate surface area is 147 Å². The molecular weight excluding hydrogens is 355 g/mol. The van der Waals surface area contributed by atoms with Crippen LogP contribution in [0.15, 0.2) is 42.5 Å². The molecule has 0 saturated heterocycles. The first-order valence-corrected chi connectivity index (χ1v) is 8.38. The fraction of sp³-hybridized carbons (Fsp3) is 0.235. The van der Waals surface area contributed by atoms with E-state index in [1.54, 1.807) is 12.1 Å². The maximum atomic E-state index is 12.8. The fourth-order valence-corrected chi connectivity index (χ4v) is 2.76. The van der Waals surface area contributed by atoms with Crippen molar-refractivity contribution in [2.45, 2.75) is 12.4 Å². The summed E-state index contributed by atoms with van der Waals surface area (Å²) in [5, 5.41) is 2.65. The van der Waals surface area contributed by atoms with Crippen LogP contribution in [0, 0.1) is 5.82 Å². The lowest BCUT2D eigenvalue weighted by Gasteiger charge is -2.11. The monoisotopic (exact) mass is 371 g/mol. The van der Waals surface area contributed by atoms with Crippen molar-refractivity contribution in [3.63, 3.8) is 0 Å². The number of hydrogen-bond donors (Lipinski definition) is 1. The van der Waals surface area contributed by atoms with E-state index in [-0.39, 0.29) is 29.0 Å². The molecule has 0 aliphatic carbocycles. The third-order valence-corrected chi connectivity index (χ3v) is 4.08. The van der Waals surface area contributed by atoms with Crippen molar-refractivity contribution < 1.29 is 27.4 Å². The van der Waals surface area contributed by atoms with Crippen LogP contribution in [0.5, 0.6) is 11.5 Å². The number of alkyl halides is 2. The van der Waals surface area contributed by atoms with Gasteiger partial charge in [0, 0.05) is 11.4 Å². The molecule has 4 nitrogen and oxygen atoms in total. The van der Waals surface area contributed by atoms with Gasteiger partial charge in [0.2, 0.25) is 5.91 Å². The number of thioether (sulfide) groups is 1. The largest absolute Gasteiger partial charge is 0.493 e. The molecule has 2 aromatic rings. The number of anilines is 1. The molecule has 0 saturated carbocycles. The van der Waals surface area contributed by atoms with Crippen LogP contribution in [0.25, 0.3) is 0 Å². The van der Waals surface area contributed by atoms with Crippen molar-refractivity contribution in [3.8, 4) is 11.5 Å². The molecule has 0 aliphatic rings. The van der Waals surface area contributed by atoms with Crippen LogP contribution >= 0.6 is 11.8 Å². The van der Waals surface area contributed by atoms with E-state index >= 15 is 0 Å². The van der Waals surface area contributed by atoms with Crippen molar-refractivity contribution in [1.82, 2.24) is 0 Å². The van der Waals surface area contributed by atoms with Crippen molar-refractivity contribution in [3.05, 3.63) is 53.8 Å². The number of methoxy groups -OCH3 is 1. The summed E-state index contributed by atoms with van der Waals surface area (Å²) in [6, 6.07) is 10.1. The minimum absolute atomic E-state index is 0.0414. The Bertz CT molecular complexity index is 711. The maximum absolute atomic E-state index is 12.8. The van der Waals surface area contributed by atoms with E-state index in [0.717, 1.165) is 5.56 Å². The third kappa shape index (κ3) is 6.22. The van der Waals surface area contributed by atoms with E-state index in [2.05, 4.69) is 10.1 Å². The molecule has 0 spiro atoms. The standard InChI is InChI=1S/C17H16F3NO3S/c1-23-15-8-11(2-7-14(15)24-17(19)20)9-25-10-16(22)21-13-5-3-12(18)4-6-13/h2-8,17H,9-10H2,1H3,(H,21,22). The normalized spacial score (nSPS) is 10.6. The molecule has 2 rings (SSSR count). The van der Waals surface area contributed by atoms with Crippen LogP contribution in [0.1, 0.15) is 5.56 Å². The molecule has 0 heterocycles. The summed E-state index contributed by atoms with van der Waals surface area (Å²) in [4.78, 5) is 11.8. The van der Waals surface area contributed by atoms with Gasteiger partial charge in [-0.2, -0.15) is 8.78 Å². The van der Waals surface area contributed by atoms with Crippen LogP contribution < -0.4 is 14.8 Å². The number of nitrogens with one attached hydrogen (secondary N) is 1. The minimum Gasteiger partial charge on any atom is -0.493 e. The molecule has 8 heteroatoms. The van der Waals surface area contributed by atoms with E-state index < -0.39 is 6.61 Å². The lowest BCUT2D eigenvalue weighted by Crippen LogP contribution is -2.14. The van der Waals surface area contributed by atoms with Crippen molar-refractivity contribution in [2.24, 2.45) is 0 Å². The molecule has 25 heavy (non-hydrogen) atoms. The van der Waals surface area contributed by atoms with Gasteiger partial charge in [0.1, 0.15) is 5.82 Å². The van der Waals surface area contributed by atoms with Crippen LogP contribution in [-0.4, -0.2) is 25.4 Å². The molecule has 0 bridgehead atoms. The van der Waals surface area contributed by atoms with Gasteiger partial charge in [-0.15, -0.1) is 11.8 Å². The molecule has 1 N–H and O–H groups in total. The number of ether oxygens (including phenoxy) is 2. The van der Waals surface area contributed by atoms with Gasteiger partial charge < -0.3 is 14.8 Å². The van der Waals surface area contributed by atoms with Gasteiger partial charge in [0.05, 0.1) is 12.9 Å². The summed E-state index contributed by atoms with van der Waals surface area (Å²) in [6.45, 7) is -2.93. The van der Waals surface area contributed by atoms with Crippen molar-refractivity contribution >= 4 is 23.4 Å². The Kier molecular flexibility index (Phi) is 7.00. The van der Waals surface area contributed by atoms with Crippen LogP contribution in [0.2, 0.25) is 0 Å². The number of hydrogen-bond acceptors (Lipinski definition) is 4. The van der Waals surface area contributed by atoms with Gasteiger partial charge in [-0.3, -0.25) is 4.79 Å². The molecule has 1 amide bonds. The molecule has 0 aromatic heterocycles. The maximum Gasteiger partial charge on any atom is 0.387 e. The number of rotatable bonds is 8.